The van der Waals surface area contributed by atoms with Crippen molar-refractivity contribution in [1.29, 1.82) is 0 Å². The maximum Gasteiger partial charge on any atom is 0.338 e. The molecule has 2 aromatic rings. The topological polar surface area (TPSA) is 100 Å². The van der Waals surface area contributed by atoms with Crippen molar-refractivity contribution >= 4 is 41.8 Å². The summed E-state index contributed by atoms with van der Waals surface area (Å²) in [4.78, 5) is 41.1. The number of esters is 2. The molecule has 0 aliphatic heterocycles. The van der Waals surface area contributed by atoms with Crippen LogP contribution in [-0.2, 0) is 9.47 Å². The van der Waals surface area contributed by atoms with Crippen LogP contribution in [0.15, 0.2) is 48.5 Å². The molecule has 0 atom stereocenters. The molecule has 9 nitrogen and oxygen atoms in total. The van der Waals surface area contributed by atoms with E-state index in [4.69, 9.17) is 9.47 Å². The third-order valence-corrected chi connectivity index (χ3v) is 5.83. The lowest BCUT2D eigenvalue weighted by atomic mass is 10.2. The van der Waals surface area contributed by atoms with Gasteiger partial charge in [-0.3, -0.25) is 0 Å². The molecule has 0 aliphatic carbocycles. The van der Waals surface area contributed by atoms with Gasteiger partial charge in [0.05, 0.1) is 11.1 Å². The number of urea groups is 1. The zero-order valence-electron chi connectivity index (χ0n) is 22.1. The fraction of sp³-hybridized carbons (Fsp3) is 0.444. The Morgan fingerprint density at radius 1 is 0.622 bits per heavy atom. The summed E-state index contributed by atoms with van der Waals surface area (Å²) in [5.41, 5.74) is 1.89. The molecule has 0 aromatic heterocycles. The van der Waals surface area contributed by atoms with Crippen LogP contribution in [0.3, 0.4) is 0 Å². The van der Waals surface area contributed by atoms with Crippen molar-refractivity contribution in [2.24, 2.45) is 0 Å². The zero-order valence-corrected chi connectivity index (χ0v) is 22.9. The van der Waals surface area contributed by atoms with Crippen LogP contribution in [0.4, 0.5) is 16.2 Å². The summed E-state index contributed by atoms with van der Waals surface area (Å²) in [7, 11) is 0. The maximum atomic E-state index is 12.3. The minimum atomic E-state index is -0.445. The van der Waals surface area contributed by atoms with E-state index in [2.05, 4.69) is 48.1 Å². The normalized spacial score (nSPS) is 10.5. The van der Waals surface area contributed by atoms with Crippen LogP contribution in [0.25, 0.3) is 0 Å². The molecule has 10 heteroatoms. The molecule has 2 amide bonds. The van der Waals surface area contributed by atoms with Crippen molar-refractivity contribution in [3.8, 4) is 0 Å². The molecule has 0 radical (unpaired) electrons. The third-order valence-electron chi connectivity index (χ3n) is 5.83. The SMILES string of the molecule is CCN(CC)CCOC(=O)c1ccc(NC(=O)Nc2ccc(C(=O)OCCN(CC)CC)cc2)cc1.Cl. The van der Waals surface area contributed by atoms with Crippen LogP contribution in [-0.4, -0.2) is 80.3 Å². The van der Waals surface area contributed by atoms with Crippen molar-refractivity contribution in [2.75, 3.05) is 63.1 Å². The number of anilines is 2. The predicted octanol–water partition coefficient (Wildman–Crippen LogP) is 4.75. The van der Waals surface area contributed by atoms with Gasteiger partial charge in [-0.2, -0.15) is 0 Å². The van der Waals surface area contributed by atoms with E-state index in [9.17, 15) is 14.4 Å². The third kappa shape index (κ3) is 11.2. The highest BCUT2D eigenvalue weighted by Gasteiger charge is 2.11. The monoisotopic (exact) mass is 534 g/mol. The Morgan fingerprint density at radius 3 is 1.24 bits per heavy atom. The van der Waals surface area contributed by atoms with Gasteiger partial charge < -0.3 is 29.9 Å². The number of nitrogens with one attached hydrogen (secondary N) is 2. The molecular weight excluding hydrogens is 496 g/mol. The van der Waals surface area contributed by atoms with Gasteiger partial charge in [0.15, 0.2) is 0 Å². The van der Waals surface area contributed by atoms with Crippen LogP contribution >= 0.6 is 12.4 Å². The minimum absolute atomic E-state index is 0. The van der Waals surface area contributed by atoms with E-state index in [0.717, 1.165) is 26.2 Å². The van der Waals surface area contributed by atoms with Gasteiger partial charge in [-0.05, 0) is 74.7 Å². The molecule has 0 aliphatic rings. The Morgan fingerprint density at radius 2 is 0.946 bits per heavy atom. The van der Waals surface area contributed by atoms with Crippen molar-refractivity contribution in [3.63, 3.8) is 0 Å². The molecule has 0 saturated carbocycles. The first-order chi connectivity index (χ1) is 17.4. The number of carbonyl (C=O) groups is 3. The lowest BCUT2D eigenvalue weighted by molar-refractivity contribution is 0.0457. The number of halogens is 1. The molecule has 2 rings (SSSR count). The van der Waals surface area contributed by atoms with Crippen molar-refractivity contribution < 1.29 is 23.9 Å². The number of ether oxygens (including phenoxy) is 2. The maximum absolute atomic E-state index is 12.3. The number of benzene rings is 2. The van der Waals surface area contributed by atoms with Crippen LogP contribution in [0.5, 0.6) is 0 Å². The number of hydrogen-bond donors (Lipinski definition) is 2. The van der Waals surface area contributed by atoms with Gasteiger partial charge in [-0.25, -0.2) is 14.4 Å². The molecule has 204 valence electrons. The van der Waals surface area contributed by atoms with Gasteiger partial charge in [-0.1, -0.05) is 27.7 Å². The first-order valence-electron chi connectivity index (χ1n) is 12.5. The lowest BCUT2D eigenvalue weighted by Crippen LogP contribution is -2.27. The van der Waals surface area contributed by atoms with E-state index in [0.29, 0.717) is 48.8 Å². The second-order valence-electron chi connectivity index (χ2n) is 8.06. The van der Waals surface area contributed by atoms with Crippen molar-refractivity contribution in [2.45, 2.75) is 27.7 Å². The Labute approximate surface area is 225 Å². The first kappa shape index (κ1) is 31.9. The smallest absolute Gasteiger partial charge is 0.338 e. The highest BCUT2D eigenvalue weighted by molar-refractivity contribution is 6.00. The molecule has 0 saturated heterocycles. The van der Waals surface area contributed by atoms with E-state index in [1.165, 1.54) is 0 Å². The van der Waals surface area contributed by atoms with Crippen LogP contribution in [0.2, 0.25) is 0 Å². The molecule has 0 heterocycles. The molecule has 37 heavy (non-hydrogen) atoms. The average Bonchev–Trinajstić information content (AvgIpc) is 2.89. The highest BCUT2D eigenvalue weighted by atomic mass is 35.5. The summed E-state index contributed by atoms with van der Waals surface area (Å²) in [6.07, 6.45) is 0. The number of hydrogen-bond acceptors (Lipinski definition) is 7. The van der Waals surface area contributed by atoms with Crippen molar-refractivity contribution in [1.82, 2.24) is 9.80 Å². The zero-order chi connectivity index (χ0) is 26.3. The fourth-order valence-electron chi connectivity index (χ4n) is 3.45. The number of amides is 2. The Kier molecular flexibility index (Phi) is 14.9. The van der Waals surface area contributed by atoms with Gasteiger partial charge in [0.2, 0.25) is 0 Å². The average molecular weight is 535 g/mol. The second kappa shape index (κ2) is 17.3. The van der Waals surface area contributed by atoms with Gasteiger partial charge in [-0.15, -0.1) is 12.4 Å². The molecule has 0 fully saturated rings. The number of nitrogens with zero attached hydrogens (tertiary/aromatic N) is 2. The van der Waals surface area contributed by atoms with Crippen molar-refractivity contribution in [3.05, 3.63) is 59.7 Å². The number of likely N-dealkylation sites (N-methyl/N-ethyl adjacent to an activating group) is 2. The fourth-order valence-corrected chi connectivity index (χ4v) is 3.45. The summed E-state index contributed by atoms with van der Waals surface area (Å²) in [5, 5.41) is 5.42. The minimum Gasteiger partial charge on any atom is -0.461 e. The first-order valence-corrected chi connectivity index (χ1v) is 12.5. The summed E-state index contributed by atoms with van der Waals surface area (Å²) in [5.74, 6) is -0.797. The van der Waals surface area contributed by atoms with E-state index < -0.39 is 18.0 Å². The molecule has 0 spiro atoms. The van der Waals surface area contributed by atoms with E-state index in [1.807, 2.05) is 0 Å². The largest absolute Gasteiger partial charge is 0.461 e. The molecular formula is C27H39ClN4O5. The Hall–Kier alpha value is -3.14. The molecule has 0 bridgehead atoms. The molecule has 0 unspecified atom stereocenters. The van der Waals surface area contributed by atoms with Crippen LogP contribution in [0.1, 0.15) is 48.4 Å². The number of rotatable bonds is 14. The van der Waals surface area contributed by atoms with Gasteiger partial charge in [0.1, 0.15) is 13.2 Å². The van der Waals surface area contributed by atoms with E-state index in [-0.39, 0.29) is 12.4 Å². The van der Waals surface area contributed by atoms with Gasteiger partial charge in [0, 0.05) is 24.5 Å². The Bertz CT molecular complexity index is 884. The summed E-state index contributed by atoms with van der Waals surface area (Å²) in [6, 6.07) is 12.5. The van der Waals surface area contributed by atoms with Gasteiger partial charge >= 0.3 is 18.0 Å². The second-order valence-corrected chi connectivity index (χ2v) is 8.06. The molecule has 2 N–H and O–H groups in total. The van der Waals surface area contributed by atoms with Gasteiger partial charge in [0.25, 0.3) is 0 Å². The summed E-state index contributed by atoms with van der Waals surface area (Å²) < 4.78 is 10.6. The number of carbonyl (C=O) groups excluding carboxylic acids is 3. The predicted molar refractivity (Wildman–Crippen MR) is 149 cm³/mol. The van der Waals surface area contributed by atoms with Crippen LogP contribution in [0, 0.1) is 0 Å². The Balaban J connectivity index is 0.00000684. The standard InChI is InChI=1S/C27H38N4O5.ClH/c1-5-30(6-2)17-19-35-25(32)21-9-13-23(14-10-21)28-27(34)29-24-15-11-22(12-16-24)26(33)36-20-18-31(7-3)8-4;/h9-16H,5-8,17-20H2,1-4H3,(H2,28,29,34);1H. The van der Waals surface area contributed by atoms with E-state index >= 15 is 0 Å². The highest BCUT2D eigenvalue weighted by Crippen LogP contribution is 2.14. The van der Waals surface area contributed by atoms with E-state index in [1.54, 1.807) is 48.5 Å². The summed E-state index contributed by atoms with van der Waals surface area (Å²) >= 11 is 0. The quantitative estimate of drug-likeness (QED) is 0.337. The summed E-state index contributed by atoms with van der Waals surface area (Å²) in [6.45, 7) is 13.9. The lowest BCUT2D eigenvalue weighted by Gasteiger charge is -2.17. The molecule has 2 aromatic carbocycles. The van der Waals surface area contributed by atoms with Crippen LogP contribution < -0.4 is 10.6 Å².